The first kappa shape index (κ1) is 14.5. The summed E-state index contributed by atoms with van der Waals surface area (Å²) in [4.78, 5) is 16.8. The van der Waals surface area contributed by atoms with Crippen LogP contribution in [-0.4, -0.2) is 16.9 Å². The average molecular weight is 321 g/mol. The molecule has 3 rings (SSSR count). The Morgan fingerprint density at radius 1 is 1.38 bits per heavy atom. The van der Waals surface area contributed by atoms with Gasteiger partial charge < -0.3 is 5.32 Å². The minimum absolute atomic E-state index is 0.0119. The molecule has 3 nitrogen and oxygen atoms in total. The molecule has 0 bridgehead atoms. The lowest BCUT2D eigenvalue weighted by molar-refractivity contribution is 0.0938. The van der Waals surface area contributed by atoms with E-state index in [4.69, 9.17) is 11.6 Å². The summed E-state index contributed by atoms with van der Waals surface area (Å²) < 4.78 is 0. The molecule has 1 aromatic carbocycles. The molecule has 1 aliphatic rings. The van der Waals surface area contributed by atoms with Gasteiger partial charge in [0.05, 0.1) is 11.6 Å². The smallest absolute Gasteiger partial charge is 0.251 e. The molecule has 0 radical (unpaired) electrons. The maximum atomic E-state index is 12.3. The van der Waals surface area contributed by atoms with Crippen LogP contribution in [0.25, 0.3) is 10.6 Å². The van der Waals surface area contributed by atoms with Crippen LogP contribution in [0.1, 0.15) is 41.7 Å². The number of carbonyl (C=O) groups excluding carboxylic acids is 1. The third kappa shape index (κ3) is 3.44. The van der Waals surface area contributed by atoms with E-state index < -0.39 is 0 Å². The highest BCUT2D eigenvalue weighted by atomic mass is 35.5. The second-order valence-corrected chi connectivity index (χ2v) is 6.44. The summed E-state index contributed by atoms with van der Waals surface area (Å²) in [7, 11) is 0. The summed E-state index contributed by atoms with van der Waals surface area (Å²) in [5.74, 6) is 0.427. The maximum absolute atomic E-state index is 12.3. The first-order chi connectivity index (χ1) is 10.3. The van der Waals surface area contributed by atoms with Crippen molar-refractivity contribution in [1.82, 2.24) is 10.3 Å². The summed E-state index contributed by atoms with van der Waals surface area (Å²) in [6.07, 6.45) is 4.62. The lowest BCUT2D eigenvalue weighted by Gasteiger charge is -2.12. The van der Waals surface area contributed by atoms with E-state index in [1.54, 1.807) is 11.3 Å². The summed E-state index contributed by atoms with van der Waals surface area (Å²) in [5.41, 5.74) is 2.54. The molecule has 0 saturated heterocycles. The van der Waals surface area contributed by atoms with Crippen molar-refractivity contribution >= 4 is 28.8 Å². The fourth-order valence-electron chi connectivity index (χ4n) is 2.63. The fraction of sp³-hybridized carbons (Fsp3) is 0.375. The monoisotopic (exact) mass is 320 g/mol. The fourth-order valence-corrected chi connectivity index (χ4v) is 3.68. The van der Waals surface area contributed by atoms with Crippen molar-refractivity contribution in [3.63, 3.8) is 0 Å². The van der Waals surface area contributed by atoms with Crippen LogP contribution in [0.2, 0.25) is 0 Å². The molecule has 0 aliphatic heterocycles. The third-order valence-electron chi connectivity index (χ3n) is 3.75. The van der Waals surface area contributed by atoms with Crippen LogP contribution in [0.5, 0.6) is 0 Å². The van der Waals surface area contributed by atoms with Gasteiger partial charge in [0.25, 0.3) is 5.91 Å². The van der Waals surface area contributed by atoms with E-state index in [0.717, 1.165) is 29.1 Å². The predicted molar refractivity (Wildman–Crippen MR) is 86.8 cm³/mol. The van der Waals surface area contributed by atoms with Gasteiger partial charge in [-0.3, -0.25) is 4.79 Å². The van der Waals surface area contributed by atoms with Crippen molar-refractivity contribution in [2.24, 2.45) is 0 Å². The number of thiazole rings is 1. The van der Waals surface area contributed by atoms with Gasteiger partial charge in [-0.25, -0.2) is 4.98 Å². The SMILES string of the molecule is O=C(NC1CCCC1)c1cccc(-c2nc(CCl)cs2)c1. The molecule has 1 aliphatic carbocycles. The van der Waals surface area contributed by atoms with E-state index in [1.807, 2.05) is 29.6 Å². The van der Waals surface area contributed by atoms with Crippen molar-refractivity contribution in [3.8, 4) is 10.6 Å². The Balaban J connectivity index is 1.77. The number of amides is 1. The molecule has 5 heteroatoms. The van der Waals surface area contributed by atoms with Crippen LogP contribution < -0.4 is 5.32 Å². The number of halogens is 1. The standard InChI is InChI=1S/C16H17ClN2OS/c17-9-14-10-21-16(19-14)12-5-3-4-11(8-12)15(20)18-13-6-1-2-7-13/h3-5,8,10,13H,1-2,6-7,9H2,(H,18,20). The number of hydrogen-bond acceptors (Lipinski definition) is 3. The Morgan fingerprint density at radius 2 is 2.19 bits per heavy atom. The molecule has 1 heterocycles. The molecular formula is C16H17ClN2OS. The van der Waals surface area contributed by atoms with Crippen LogP contribution in [0.4, 0.5) is 0 Å². The van der Waals surface area contributed by atoms with Gasteiger partial charge in [-0.2, -0.15) is 0 Å². The summed E-state index contributed by atoms with van der Waals surface area (Å²) in [6.45, 7) is 0. The van der Waals surface area contributed by atoms with Crippen LogP contribution in [0, 0.1) is 0 Å². The average Bonchev–Trinajstić information content (AvgIpc) is 3.18. The van der Waals surface area contributed by atoms with Crippen molar-refractivity contribution < 1.29 is 4.79 Å². The van der Waals surface area contributed by atoms with Crippen LogP contribution >= 0.6 is 22.9 Å². The van der Waals surface area contributed by atoms with Crippen molar-refractivity contribution in [1.29, 1.82) is 0 Å². The Hall–Kier alpha value is -1.39. The van der Waals surface area contributed by atoms with Crippen LogP contribution in [-0.2, 0) is 5.88 Å². The lowest BCUT2D eigenvalue weighted by atomic mass is 10.1. The maximum Gasteiger partial charge on any atom is 0.251 e. The van der Waals surface area contributed by atoms with Gasteiger partial charge >= 0.3 is 0 Å². The van der Waals surface area contributed by atoms with E-state index in [2.05, 4.69) is 10.3 Å². The lowest BCUT2D eigenvalue weighted by Crippen LogP contribution is -2.32. The van der Waals surface area contributed by atoms with Crippen molar-refractivity contribution in [2.75, 3.05) is 0 Å². The highest BCUT2D eigenvalue weighted by molar-refractivity contribution is 7.13. The van der Waals surface area contributed by atoms with E-state index >= 15 is 0 Å². The molecule has 0 spiro atoms. The Labute approximate surface area is 133 Å². The Bertz CT molecular complexity index is 635. The number of rotatable bonds is 4. The third-order valence-corrected chi connectivity index (χ3v) is 4.96. The minimum Gasteiger partial charge on any atom is -0.349 e. The van der Waals surface area contributed by atoms with Gasteiger partial charge in [0.2, 0.25) is 0 Å². The molecule has 110 valence electrons. The molecular weight excluding hydrogens is 304 g/mol. The first-order valence-electron chi connectivity index (χ1n) is 7.18. The van der Waals surface area contributed by atoms with E-state index in [1.165, 1.54) is 12.8 Å². The number of nitrogens with zero attached hydrogens (tertiary/aromatic N) is 1. The highest BCUT2D eigenvalue weighted by Gasteiger charge is 2.18. The number of benzene rings is 1. The highest BCUT2D eigenvalue weighted by Crippen LogP contribution is 2.25. The second kappa shape index (κ2) is 6.58. The zero-order chi connectivity index (χ0) is 14.7. The molecule has 1 N–H and O–H groups in total. The van der Waals surface area contributed by atoms with Crippen LogP contribution in [0.15, 0.2) is 29.6 Å². The number of hydrogen-bond donors (Lipinski definition) is 1. The van der Waals surface area contributed by atoms with Gasteiger partial charge in [-0.05, 0) is 25.0 Å². The summed E-state index contributed by atoms with van der Waals surface area (Å²) in [5, 5.41) is 5.97. The Morgan fingerprint density at radius 3 is 2.90 bits per heavy atom. The molecule has 1 fully saturated rings. The number of alkyl halides is 1. The minimum atomic E-state index is 0.0119. The van der Waals surface area contributed by atoms with Crippen LogP contribution in [0.3, 0.4) is 0 Å². The normalized spacial score (nSPS) is 15.3. The molecule has 21 heavy (non-hydrogen) atoms. The zero-order valence-electron chi connectivity index (χ0n) is 11.6. The zero-order valence-corrected chi connectivity index (χ0v) is 13.2. The molecule has 1 aromatic heterocycles. The molecule has 2 aromatic rings. The molecule has 1 amide bonds. The molecule has 0 atom stereocenters. The van der Waals surface area contributed by atoms with Crippen molar-refractivity contribution in [2.45, 2.75) is 37.6 Å². The Kier molecular flexibility index (Phi) is 4.56. The van der Waals surface area contributed by atoms with E-state index in [-0.39, 0.29) is 5.91 Å². The topological polar surface area (TPSA) is 42.0 Å². The van der Waals surface area contributed by atoms with E-state index in [0.29, 0.717) is 17.5 Å². The van der Waals surface area contributed by atoms with Gasteiger partial charge in [-0.1, -0.05) is 25.0 Å². The second-order valence-electron chi connectivity index (χ2n) is 5.31. The predicted octanol–water partition coefficient (Wildman–Crippen LogP) is 4.22. The van der Waals surface area contributed by atoms with Gasteiger partial charge in [0, 0.05) is 22.5 Å². The number of nitrogens with one attached hydrogen (secondary N) is 1. The van der Waals surface area contributed by atoms with Gasteiger partial charge in [-0.15, -0.1) is 22.9 Å². The van der Waals surface area contributed by atoms with Gasteiger partial charge in [0.1, 0.15) is 5.01 Å². The molecule has 0 unspecified atom stereocenters. The molecule has 1 saturated carbocycles. The van der Waals surface area contributed by atoms with Gasteiger partial charge in [0.15, 0.2) is 0 Å². The number of aromatic nitrogens is 1. The van der Waals surface area contributed by atoms with Crippen molar-refractivity contribution in [3.05, 3.63) is 40.9 Å². The first-order valence-corrected chi connectivity index (χ1v) is 8.59. The van der Waals surface area contributed by atoms with E-state index in [9.17, 15) is 4.79 Å². The summed E-state index contributed by atoms with van der Waals surface area (Å²) >= 11 is 7.34. The largest absolute Gasteiger partial charge is 0.349 e. The quantitative estimate of drug-likeness (QED) is 0.857. The summed E-state index contributed by atoms with van der Waals surface area (Å²) in [6, 6.07) is 7.97. The number of carbonyl (C=O) groups is 1.